The van der Waals surface area contributed by atoms with E-state index in [1.165, 1.54) is 18.6 Å². The molecule has 0 aromatic carbocycles. The summed E-state index contributed by atoms with van der Waals surface area (Å²) in [7, 11) is -3.25. The lowest BCUT2D eigenvalue weighted by molar-refractivity contribution is 0.583. The second-order valence-corrected chi connectivity index (χ2v) is 5.09. The number of hydrogen-bond acceptors (Lipinski definition) is 4. The van der Waals surface area contributed by atoms with E-state index < -0.39 is 15.1 Å². The summed E-state index contributed by atoms with van der Waals surface area (Å²) in [5, 5.41) is -0.408. The van der Waals surface area contributed by atoms with Crippen LogP contribution in [0.4, 0.5) is 0 Å². The lowest BCUT2D eigenvalue weighted by atomic mass is 10.6. The Bertz CT molecular complexity index is 346. The van der Waals surface area contributed by atoms with Gasteiger partial charge in [0.2, 0.25) is 0 Å². The van der Waals surface area contributed by atoms with Crippen LogP contribution in [0.1, 0.15) is 27.7 Å². The number of aromatic nitrogens is 2. The average Bonchev–Trinajstić information content (AvgIpc) is 2.22. The third kappa shape index (κ3) is 3.06. The molecule has 0 bridgehead atoms. The summed E-state index contributed by atoms with van der Waals surface area (Å²) in [6.45, 7) is 7.23. The lowest BCUT2D eigenvalue weighted by Crippen LogP contribution is -2.15. The van der Waals surface area contributed by atoms with Gasteiger partial charge in [0.15, 0.2) is 14.9 Å². The highest BCUT2D eigenvalue weighted by Gasteiger charge is 2.20. The number of nitrogens with zero attached hydrogens (tertiary/aromatic N) is 2. The largest absolute Gasteiger partial charge is 0.260 e. The van der Waals surface area contributed by atoms with Gasteiger partial charge >= 0.3 is 0 Å². The Labute approximate surface area is 85.3 Å². The van der Waals surface area contributed by atoms with Crippen LogP contribution >= 0.6 is 0 Å². The molecule has 1 rings (SSSR count). The topological polar surface area (TPSA) is 59.9 Å². The average molecular weight is 216 g/mol. The summed E-state index contributed by atoms with van der Waals surface area (Å²) in [5.74, 6) is 0. The number of sulfone groups is 1. The minimum absolute atomic E-state index is 0.0417. The molecular weight excluding hydrogens is 200 g/mol. The summed E-state index contributed by atoms with van der Waals surface area (Å²) in [5.41, 5.74) is 0. The van der Waals surface area contributed by atoms with Crippen LogP contribution in [-0.2, 0) is 9.84 Å². The maximum absolute atomic E-state index is 11.4. The molecule has 0 aliphatic rings. The summed E-state index contributed by atoms with van der Waals surface area (Å²) < 4.78 is 22.9. The third-order valence-electron chi connectivity index (χ3n) is 1.45. The zero-order chi connectivity index (χ0) is 11.2. The maximum atomic E-state index is 11.4. The van der Waals surface area contributed by atoms with Crippen LogP contribution in [0.2, 0.25) is 0 Å². The molecular formula is C9H16N2O2S. The minimum Gasteiger partial charge on any atom is -0.260 e. The van der Waals surface area contributed by atoms with Crippen LogP contribution in [0.5, 0.6) is 0 Å². The molecule has 1 aromatic rings. The Balaban J connectivity index is 0.000000791. The van der Waals surface area contributed by atoms with Crippen molar-refractivity contribution in [3.63, 3.8) is 0 Å². The molecule has 0 aliphatic carbocycles. The van der Waals surface area contributed by atoms with E-state index in [-0.39, 0.29) is 5.03 Å². The van der Waals surface area contributed by atoms with Crippen LogP contribution in [0.25, 0.3) is 0 Å². The van der Waals surface area contributed by atoms with Crippen molar-refractivity contribution < 1.29 is 8.42 Å². The van der Waals surface area contributed by atoms with Crippen molar-refractivity contribution in [2.75, 3.05) is 0 Å². The third-order valence-corrected chi connectivity index (χ3v) is 3.49. The van der Waals surface area contributed by atoms with E-state index in [1.54, 1.807) is 13.8 Å². The first-order chi connectivity index (χ1) is 6.55. The maximum Gasteiger partial charge on any atom is 0.199 e. The molecule has 14 heavy (non-hydrogen) atoms. The zero-order valence-corrected chi connectivity index (χ0v) is 9.75. The normalized spacial score (nSPS) is 10.6. The molecule has 0 N–H and O–H groups in total. The van der Waals surface area contributed by atoms with Gasteiger partial charge in [-0.1, -0.05) is 13.8 Å². The van der Waals surface area contributed by atoms with Crippen LogP contribution in [0, 0.1) is 0 Å². The molecule has 0 spiro atoms. The Morgan fingerprint density at radius 2 is 1.79 bits per heavy atom. The van der Waals surface area contributed by atoms with E-state index in [9.17, 15) is 8.42 Å². The molecule has 0 aliphatic heterocycles. The molecule has 80 valence electrons. The molecule has 0 unspecified atom stereocenters. The van der Waals surface area contributed by atoms with Gasteiger partial charge in [-0.15, -0.1) is 0 Å². The molecule has 0 saturated heterocycles. The Kier molecular flexibility index (Phi) is 5.30. The van der Waals surface area contributed by atoms with Gasteiger partial charge in [0.25, 0.3) is 0 Å². The highest BCUT2D eigenvalue weighted by atomic mass is 32.2. The van der Waals surface area contributed by atoms with Gasteiger partial charge in [-0.2, -0.15) is 0 Å². The fourth-order valence-corrected chi connectivity index (χ4v) is 1.57. The molecule has 0 fully saturated rings. The smallest absolute Gasteiger partial charge is 0.199 e. The molecule has 0 radical (unpaired) electrons. The van der Waals surface area contributed by atoms with E-state index in [2.05, 4.69) is 9.97 Å². The number of rotatable bonds is 2. The molecule has 4 nitrogen and oxygen atoms in total. The van der Waals surface area contributed by atoms with Crippen molar-refractivity contribution in [1.29, 1.82) is 0 Å². The Morgan fingerprint density at radius 3 is 2.14 bits per heavy atom. The Morgan fingerprint density at radius 1 is 1.21 bits per heavy atom. The molecule has 0 amide bonds. The first-order valence-corrected chi connectivity index (χ1v) is 6.09. The second-order valence-electron chi connectivity index (χ2n) is 2.64. The van der Waals surface area contributed by atoms with Gasteiger partial charge in [-0.25, -0.2) is 13.4 Å². The van der Waals surface area contributed by atoms with Crippen molar-refractivity contribution in [3.05, 3.63) is 18.6 Å². The number of hydrogen-bond donors (Lipinski definition) is 0. The van der Waals surface area contributed by atoms with Crippen LogP contribution in [0.15, 0.2) is 23.6 Å². The Hall–Kier alpha value is -0.970. The van der Waals surface area contributed by atoms with E-state index in [4.69, 9.17) is 0 Å². The predicted octanol–water partition coefficient (Wildman–Crippen LogP) is 1.68. The van der Waals surface area contributed by atoms with Gasteiger partial charge in [0.05, 0.1) is 11.4 Å². The van der Waals surface area contributed by atoms with Crippen molar-refractivity contribution in [2.24, 2.45) is 0 Å². The first-order valence-electron chi connectivity index (χ1n) is 4.55. The van der Waals surface area contributed by atoms with Crippen molar-refractivity contribution in [3.8, 4) is 0 Å². The summed E-state index contributed by atoms with van der Waals surface area (Å²) in [6.07, 6.45) is 4.07. The SMILES string of the molecule is CC.CC(C)S(=O)(=O)c1cnccn1. The van der Waals surface area contributed by atoms with Crippen LogP contribution in [-0.4, -0.2) is 23.6 Å². The van der Waals surface area contributed by atoms with Gasteiger partial charge in [-0.05, 0) is 13.8 Å². The lowest BCUT2D eigenvalue weighted by Gasteiger charge is -2.04. The van der Waals surface area contributed by atoms with E-state index in [1.807, 2.05) is 13.8 Å². The van der Waals surface area contributed by atoms with Gasteiger partial charge in [-0.3, -0.25) is 4.98 Å². The summed E-state index contributed by atoms with van der Waals surface area (Å²) in [6, 6.07) is 0. The van der Waals surface area contributed by atoms with Gasteiger partial charge < -0.3 is 0 Å². The first kappa shape index (κ1) is 13.0. The zero-order valence-electron chi connectivity index (χ0n) is 8.93. The van der Waals surface area contributed by atoms with Crippen molar-refractivity contribution >= 4 is 9.84 Å². The highest BCUT2D eigenvalue weighted by molar-refractivity contribution is 7.91. The fraction of sp³-hybridized carbons (Fsp3) is 0.556. The molecule has 0 atom stereocenters. The second kappa shape index (κ2) is 5.70. The monoisotopic (exact) mass is 216 g/mol. The van der Waals surface area contributed by atoms with Gasteiger partial charge in [0.1, 0.15) is 0 Å². The van der Waals surface area contributed by atoms with E-state index in [0.29, 0.717) is 0 Å². The minimum atomic E-state index is -3.25. The van der Waals surface area contributed by atoms with Crippen molar-refractivity contribution in [2.45, 2.75) is 38.0 Å². The quantitative estimate of drug-likeness (QED) is 0.754. The van der Waals surface area contributed by atoms with E-state index >= 15 is 0 Å². The standard InChI is InChI=1S/C7H10N2O2S.C2H6/c1-6(2)12(10,11)7-5-8-3-4-9-7;1-2/h3-6H,1-2H3;1-2H3. The highest BCUT2D eigenvalue weighted by Crippen LogP contribution is 2.10. The molecule has 0 saturated carbocycles. The fourth-order valence-electron chi connectivity index (χ4n) is 0.674. The van der Waals surface area contributed by atoms with Crippen LogP contribution < -0.4 is 0 Å². The van der Waals surface area contributed by atoms with E-state index in [0.717, 1.165) is 0 Å². The van der Waals surface area contributed by atoms with Crippen LogP contribution in [0.3, 0.4) is 0 Å². The predicted molar refractivity (Wildman–Crippen MR) is 55.7 cm³/mol. The molecule has 1 aromatic heterocycles. The molecule has 5 heteroatoms. The summed E-state index contributed by atoms with van der Waals surface area (Å²) in [4.78, 5) is 7.41. The summed E-state index contributed by atoms with van der Waals surface area (Å²) >= 11 is 0. The molecule has 1 heterocycles. The van der Waals surface area contributed by atoms with Crippen molar-refractivity contribution in [1.82, 2.24) is 9.97 Å². The van der Waals surface area contributed by atoms with Gasteiger partial charge in [0, 0.05) is 12.4 Å².